The molecule has 0 aliphatic carbocycles. The van der Waals surface area contributed by atoms with Crippen molar-refractivity contribution in [3.8, 4) is 11.5 Å². The lowest BCUT2D eigenvalue weighted by Gasteiger charge is -2.16. The zero-order chi connectivity index (χ0) is 17.5. The van der Waals surface area contributed by atoms with Gasteiger partial charge in [-0.05, 0) is 44.0 Å². The fraction of sp³-hybridized carbons (Fsp3) is 0.263. The molecule has 1 heterocycles. The topological polar surface area (TPSA) is 57.1 Å². The van der Waals surface area contributed by atoms with Crippen molar-refractivity contribution in [3.05, 3.63) is 54.1 Å². The van der Waals surface area contributed by atoms with Crippen molar-refractivity contribution in [3.63, 3.8) is 0 Å². The highest BCUT2D eigenvalue weighted by Gasteiger charge is 2.22. The first-order chi connectivity index (χ1) is 11.6. The van der Waals surface area contributed by atoms with E-state index in [1.54, 1.807) is 25.2 Å². The molecule has 0 fully saturated rings. The lowest BCUT2D eigenvalue weighted by atomic mass is 10.0. The third-order valence-electron chi connectivity index (χ3n) is 3.35. The molecule has 1 aliphatic rings. The van der Waals surface area contributed by atoms with E-state index in [-0.39, 0.29) is 0 Å². The maximum Gasteiger partial charge on any atom is 0.367 e. The van der Waals surface area contributed by atoms with Crippen molar-refractivity contribution in [2.75, 3.05) is 13.2 Å². The first-order valence-corrected chi connectivity index (χ1v) is 7.73. The van der Waals surface area contributed by atoms with Gasteiger partial charge < -0.3 is 14.3 Å². The minimum Gasteiger partial charge on any atom is -0.490 e. The quantitative estimate of drug-likeness (QED) is 0.415. The highest BCUT2D eigenvalue weighted by molar-refractivity contribution is 6.24. The van der Waals surface area contributed by atoms with Crippen LogP contribution >= 0.6 is 0 Å². The first kappa shape index (κ1) is 17.5. The summed E-state index contributed by atoms with van der Waals surface area (Å²) in [5.74, 6) is 0.826. The van der Waals surface area contributed by atoms with E-state index in [4.69, 9.17) is 9.47 Å². The van der Waals surface area contributed by atoms with E-state index in [0.29, 0.717) is 42.4 Å². The zero-order valence-electron chi connectivity index (χ0n) is 14.0. The smallest absolute Gasteiger partial charge is 0.367 e. The monoisotopic (exact) mass is 327 g/mol. The number of allylic oxidation sites excluding steroid dienone is 1. The number of hydrogen-bond donors (Lipinski definition) is 0. The van der Waals surface area contributed by atoms with E-state index in [2.05, 4.69) is 23.2 Å². The second-order valence-corrected chi connectivity index (χ2v) is 5.15. The van der Waals surface area contributed by atoms with Gasteiger partial charge >= 0.3 is 5.97 Å². The van der Waals surface area contributed by atoms with E-state index >= 15 is 0 Å². The highest BCUT2D eigenvalue weighted by Crippen LogP contribution is 2.35. The normalized spacial score (nSPS) is 15.0. The Labute approximate surface area is 141 Å². The van der Waals surface area contributed by atoms with Crippen LogP contribution in [0.25, 0.3) is 6.08 Å². The van der Waals surface area contributed by atoms with Gasteiger partial charge in [0.1, 0.15) is 6.61 Å². The number of oxime groups is 1. The van der Waals surface area contributed by atoms with Gasteiger partial charge in [0.25, 0.3) is 0 Å². The minimum absolute atomic E-state index is 0.378. The molecule has 126 valence electrons. The van der Waals surface area contributed by atoms with E-state index in [1.165, 1.54) is 0 Å². The van der Waals surface area contributed by atoms with Crippen LogP contribution in [-0.4, -0.2) is 24.9 Å². The molecular weight excluding hydrogens is 306 g/mol. The fourth-order valence-electron chi connectivity index (χ4n) is 2.33. The van der Waals surface area contributed by atoms with E-state index in [9.17, 15) is 4.79 Å². The summed E-state index contributed by atoms with van der Waals surface area (Å²) in [6, 6.07) is 3.77. The standard InChI is InChI=1S/C19H21NO4/c1-5-8-15-10-14(11-16-13(4)20-24-19(16)21)12-17(22-7-3)18(15)23-9-6-2/h5-6,10-12H,1-2,7-9H2,3-4H3/b16-11-. The molecule has 1 aliphatic heterocycles. The van der Waals surface area contributed by atoms with Gasteiger partial charge in [0, 0.05) is 5.56 Å². The Kier molecular flexibility index (Phi) is 5.95. The fourth-order valence-corrected chi connectivity index (χ4v) is 2.33. The van der Waals surface area contributed by atoms with Gasteiger partial charge in [0.15, 0.2) is 11.5 Å². The Hall–Kier alpha value is -2.82. The van der Waals surface area contributed by atoms with Crippen molar-refractivity contribution in [1.82, 2.24) is 0 Å². The summed E-state index contributed by atoms with van der Waals surface area (Å²) in [4.78, 5) is 16.4. The highest BCUT2D eigenvalue weighted by atomic mass is 16.7. The summed E-state index contributed by atoms with van der Waals surface area (Å²) < 4.78 is 11.5. The molecule has 0 radical (unpaired) electrons. The molecule has 0 spiro atoms. The number of carbonyl (C=O) groups is 1. The summed E-state index contributed by atoms with van der Waals surface area (Å²) in [6.07, 6.45) is 5.82. The van der Waals surface area contributed by atoms with Gasteiger partial charge in [-0.2, -0.15) is 0 Å². The Morgan fingerprint density at radius 2 is 2.04 bits per heavy atom. The summed E-state index contributed by atoms with van der Waals surface area (Å²) in [5, 5.41) is 3.69. The van der Waals surface area contributed by atoms with Gasteiger partial charge in [-0.15, -0.1) is 6.58 Å². The molecule has 24 heavy (non-hydrogen) atoms. The molecule has 0 saturated heterocycles. The lowest BCUT2D eigenvalue weighted by molar-refractivity contribution is -0.136. The van der Waals surface area contributed by atoms with Crippen LogP contribution in [0, 0.1) is 0 Å². The van der Waals surface area contributed by atoms with Crippen molar-refractivity contribution >= 4 is 17.8 Å². The average Bonchev–Trinajstić information content (AvgIpc) is 2.87. The maximum atomic E-state index is 11.7. The molecule has 1 aromatic rings. The Morgan fingerprint density at radius 1 is 1.25 bits per heavy atom. The molecular formula is C19H21NO4. The second kappa shape index (κ2) is 8.15. The van der Waals surface area contributed by atoms with Crippen LogP contribution in [0.4, 0.5) is 0 Å². The Morgan fingerprint density at radius 3 is 2.62 bits per heavy atom. The van der Waals surface area contributed by atoms with Gasteiger partial charge in [-0.25, -0.2) is 4.79 Å². The number of benzene rings is 1. The van der Waals surface area contributed by atoms with Crippen LogP contribution in [0.15, 0.2) is 48.2 Å². The molecule has 5 nitrogen and oxygen atoms in total. The third-order valence-corrected chi connectivity index (χ3v) is 3.35. The molecule has 5 heteroatoms. The minimum atomic E-state index is -0.456. The average molecular weight is 327 g/mol. The molecule has 0 unspecified atom stereocenters. The van der Waals surface area contributed by atoms with Gasteiger partial charge in [0.05, 0.1) is 17.9 Å². The largest absolute Gasteiger partial charge is 0.490 e. The van der Waals surface area contributed by atoms with E-state index in [0.717, 1.165) is 11.1 Å². The van der Waals surface area contributed by atoms with Crippen LogP contribution in [0.5, 0.6) is 11.5 Å². The van der Waals surface area contributed by atoms with Crippen molar-refractivity contribution < 1.29 is 19.1 Å². The van der Waals surface area contributed by atoms with Crippen LogP contribution in [0.1, 0.15) is 25.0 Å². The Bertz CT molecular complexity index is 716. The third kappa shape index (κ3) is 3.93. The SMILES string of the molecule is C=CCOc1c(CC=C)cc(/C=C2\C(=O)ON=C2C)cc1OCC. The second-order valence-electron chi connectivity index (χ2n) is 5.15. The predicted molar refractivity (Wildman–Crippen MR) is 94.4 cm³/mol. The molecule has 1 aromatic carbocycles. The van der Waals surface area contributed by atoms with Crippen molar-refractivity contribution in [2.24, 2.45) is 5.16 Å². The maximum absolute atomic E-state index is 11.7. The zero-order valence-corrected chi connectivity index (χ0v) is 14.0. The summed E-state index contributed by atoms with van der Waals surface area (Å²) >= 11 is 0. The molecule has 2 rings (SSSR count). The summed E-state index contributed by atoms with van der Waals surface area (Å²) in [7, 11) is 0. The molecule has 0 bridgehead atoms. The van der Waals surface area contributed by atoms with E-state index in [1.807, 2.05) is 19.1 Å². The predicted octanol–water partition coefficient (Wildman–Crippen LogP) is 3.69. The number of ether oxygens (including phenoxy) is 2. The molecule has 0 aromatic heterocycles. The summed E-state index contributed by atoms with van der Waals surface area (Å²) in [6.45, 7) is 12.0. The van der Waals surface area contributed by atoms with Crippen LogP contribution in [0.2, 0.25) is 0 Å². The first-order valence-electron chi connectivity index (χ1n) is 7.73. The van der Waals surface area contributed by atoms with Crippen molar-refractivity contribution in [2.45, 2.75) is 20.3 Å². The number of rotatable bonds is 8. The van der Waals surface area contributed by atoms with Gasteiger partial charge in [0.2, 0.25) is 0 Å². The number of carbonyl (C=O) groups excluding carboxylic acids is 1. The van der Waals surface area contributed by atoms with Crippen LogP contribution in [0.3, 0.4) is 0 Å². The lowest BCUT2D eigenvalue weighted by Crippen LogP contribution is -2.04. The molecule has 0 N–H and O–H groups in total. The van der Waals surface area contributed by atoms with Gasteiger partial charge in [-0.1, -0.05) is 23.9 Å². The number of nitrogens with zero attached hydrogens (tertiary/aromatic N) is 1. The summed E-state index contributed by atoms with van der Waals surface area (Å²) in [5.41, 5.74) is 2.72. The van der Waals surface area contributed by atoms with Gasteiger partial charge in [-0.3, -0.25) is 0 Å². The molecule has 0 saturated carbocycles. The number of hydrogen-bond acceptors (Lipinski definition) is 5. The molecule has 0 atom stereocenters. The van der Waals surface area contributed by atoms with Crippen molar-refractivity contribution in [1.29, 1.82) is 0 Å². The van der Waals surface area contributed by atoms with Crippen LogP contribution in [-0.2, 0) is 16.1 Å². The van der Waals surface area contributed by atoms with Crippen LogP contribution < -0.4 is 9.47 Å². The Balaban J connectivity index is 2.51. The van der Waals surface area contributed by atoms with E-state index < -0.39 is 5.97 Å². The molecule has 0 amide bonds.